The minimum atomic E-state index is 0.521. The SMILES string of the molecule is CCc1cc(OC)c(Cl)cc1CN. The highest BCUT2D eigenvalue weighted by Crippen LogP contribution is 2.28. The standard InChI is InChI=1S/C10H14ClNO/c1-3-7-5-10(13-2)9(11)4-8(7)6-12/h4-5H,3,6,12H2,1-2H3. The number of ether oxygens (including phenoxy) is 1. The molecule has 0 unspecified atom stereocenters. The molecule has 0 atom stereocenters. The van der Waals surface area contributed by atoms with Crippen LogP contribution in [-0.2, 0) is 13.0 Å². The Hall–Kier alpha value is -0.730. The van der Waals surface area contributed by atoms with Crippen LogP contribution in [0.5, 0.6) is 5.75 Å². The van der Waals surface area contributed by atoms with Gasteiger partial charge in [0.2, 0.25) is 0 Å². The Kier molecular flexibility index (Phi) is 3.58. The van der Waals surface area contributed by atoms with Gasteiger partial charge in [-0.25, -0.2) is 0 Å². The monoisotopic (exact) mass is 199 g/mol. The number of halogens is 1. The molecule has 0 spiro atoms. The van der Waals surface area contributed by atoms with Crippen LogP contribution in [0.2, 0.25) is 5.02 Å². The van der Waals surface area contributed by atoms with Gasteiger partial charge in [-0.2, -0.15) is 0 Å². The molecular formula is C10H14ClNO. The molecule has 0 bridgehead atoms. The molecule has 0 radical (unpaired) electrons. The summed E-state index contributed by atoms with van der Waals surface area (Å²) in [5, 5.41) is 0.625. The van der Waals surface area contributed by atoms with E-state index in [0.29, 0.717) is 11.6 Å². The summed E-state index contributed by atoms with van der Waals surface area (Å²) in [5.74, 6) is 0.718. The molecule has 0 aliphatic heterocycles. The molecule has 1 aromatic rings. The van der Waals surface area contributed by atoms with Crippen molar-refractivity contribution in [3.63, 3.8) is 0 Å². The van der Waals surface area contributed by atoms with E-state index in [9.17, 15) is 0 Å². The average Bonchev–Trinajstić information content (AvgIpc) is 2.17. The molecule has 2 N–H and O–H groups in total. The number of methoxy groups -OCH3 is 1. The molecule has 0 saturated heterocycles. The maximum atomic E-state index is 5.96. The molecule has 72 valence electrons. The molecule has 0 heterocycles. The van der Waals surface area contributed by atoms with Crippen LogP contribution in [0.3, 0.4) is 0 Å². The van der Waals surface area contributed by atoms with Gasteiger partial charge >= 0.3 is 0 Å². The second kappa shape index (κ2) is 4.49. The molecule has 0 aliphatic rings. The van der Waals surface area contributed by atoms with E-state index in [-0.39, 0.29) is 0 Å². The Bertz CT molecular complexity index is 299. The number of rotatable bonds is 3. The van der Waals surface area contributed by atoms with Crippen molar-refractivity contribution in [1.82, 2.24) is 0 Å². The first kappa shape index (κ1) is 10.4. The van der Waals surface area contributed by atoms with Crippen molar-refractivity contribution in [3.05, 3.63) is 28.3 Å². The van der Waals surface area contributed by atoms with E-state index in [1.165, 1.54) is 5.56 Å². The van der Waals surface area contributed by atoms with E-state index in [1.807, 2.05) is 12.1 Å². The molecule has 0 fully saturated rings. The van der Waals surface area contributed by atoms with E-state index in [1.54, 1.807) is 7.11 Å². The number of benzene rings is 1. The van der Waals surface area contributed by atoms with Crippen molar-refractivity contribution >= 4 is 11.6 Å². The zero-order valence-electron chi connectivity index (χ0n) is 7.93. The average molecular weight is 200 g/mol. The maximum Gasteiger partial charge on any atom is 0.137 e. The van der Waals surface area contributed by atoms with Crippen molar-refractivity contribution < 1.29 is 4.74 Å². The van der Waals surface area contributed by atoms with E-state index < -0.39 is 0 Å². The number of aryl methyl sites for hydroxylation is 1. The summed E-state index contributed by atoms with van der Waals surface area (Å²) in [6.45, 7) is 2.61. The lowest BCUT2D eigenvalue weighted by atomic mass is 10.1. The summed E-state index contributed by atoms with van der Waals surface area (Å²) in [4.78, 5) is 0. The Morgan fingerprint density at radius 1 is 1.38 bits per heavy atom. The van der Waals surface area contributed by atoms with E-state index in [0.717, 1.165) is 17.7 Å². The Labute approximate surface area is 83.6 Å². The van der Waals surface area contributed by atoms with Gasteiger partial charge < -0.3 is 10.5 Å². The van der Waals surface area contributed by atoms with Crippen LogP contribution in [0.1, 0.15) is 18.1 Å². The van der Waals surface area contributed by atoms with Gasteiger partial charge in [-0.15, -0.1) is 0 Å². The molecule has 0 amide bonds. The summed E-state index contributed by atoms with van der Waals surface area (Å²) >= 11 is 5.96. The molecule has 2 nitrogen and oxygen atoms in total. The van der Waals surface area contributed by atoms with Gasteiger partial charge in [-0.1, -0.05) is 18.5 Å². The lowest BCUT2D eigenvalue weighted by Gasteiger charge is -2.09. The Morgan fingerprint density at radius 2 is 2.08 bits per heavy atom. The van der Waals surface area contributed by atoms with Crippen molar-refractivity contribution in [3.8, 4) is 5.75 Å². The summed E-state index contributed by atoms with van der Waals surface area (Å²) in [6.07, 6.45) is 0.945. The molecule has 3 heteroatoms. The van der Waals surface area contributed by atoms with Gasteiger partial charge in [0.15, 0.2) is 0 Å². The predicted molar refractivity (Wildman–Crippen MR) is 55.3 cm³/mol. The molecule has 1 rings (SSSR count). The molecular weight excluding hydrogens is 186 g/mol. The summed E-state index contributed by atoms with van der Waals surface area (Å²) in [5.41, 5.74) is 7.88. The van der Waals surface area contributed by atoms with Crippen molar-refractivity contribution in [1.29, 1.82) is 0 Å². The first-order chi connectivity index (χ1) is 6.22. The van der Waals surface area contributed by atoms with Gasteiger partial charge in [0.05, 0.1) is 12.1 Å². The van der Waals surface area contributed by atoms with Crippen molar-refractivity contribution in [2.24, 2.45) is 5.73 Å². The minimum absolute atomic E-state index is 0.521. The Morgan fingerprint density at radius 3 is 2.54 bits per heavy atom. The van der Waals surface area contributed by atoms with Crippen molar-refractivity contribution in [2.75, 3.05) is 7.11 Å². The minimum Gasteiger partial charge on any atom is -0.495 e. The molecule has 0 saturated carbocycles. The van der Waals surface area contributed by atoms with Crippen LogP contribution in [0.25, 0.3) is 0 Å². The second-order valence-electron chi connectivity index (χ2n) is 2.81. The van der Waals surface area contributed by atoms with Crippen LogP contribution in [-0.4, -0.2) is 7.11 Å². The number of hydrogen-bond donors (Lipinski definition) is 1. The lowest BCUT2D eigenvalue weighted by Crippen LogP contribution is -2.01. The third-order valence-corrected chi connectivity index (χ3v) is 2.37. The van der Waals surface area contributed by atoms with Gasteiger partial charge in [0.25, 0.3) is 0 Å². The predicted octanol–water partition coefficient (Wildman–Crippen LogP) is 2.37. The fourth-order valence-corrected chi connectivity index (χ4v) is 1.58. The first-order valence-corrected chi connectivity index (χ1v) is 4.66. The highest BCUT2D eigenvalue weighted by atomic mass is 35.5. The molecule has 13 heavy (non-hydrogen) atoms. The highest BCUT2D eigenvalue weighted by molar-refractivity contribution is 6.32. The number of nitrogens with two attached hydrogens (primary N) is 1. The zero-order chi connectivity index (χ0) is 9.84. The quantitative estimate of drug-likeness (QED) is 0.811. The Balaban J connectivity index is 3.18. The van der Waals surface area contributed by atoms with Gasteiger partial charge in [-0.05, 0) is 29.7 Å². The summed E-state index contributed by atoms with van der Waals surface area (Å²) in [7, 11) is 1.61. The lowest BCUT2D eigenvalue weighted by molar-refractivity contribution is 0.414. The zero-order valence-corrected chi connectivity index (χ0v) is 8.69. The maximum absolute atomic E-state index is 5.96. The first-order valence-electron chi connectivity index (χ1n) is 4.28. The third-order valence-electron chi connectivity index (χ3n) is 2.07. The van der Waals surface area contributed by atoms with Gasteiger partial charge in [0.1, 0.15) is 5.75 Å². The fraction of sp³-hybridized carbons (Fsp3) is 0.400. The van der Waals surface area contributed by atoms with E-state index >= 15 is 0 Å². The van der Waals surface area contributed by atoms with Gasteiger partial charge in [-0.3, -0.25) is 0 Å². The van der Waals surface area contributed by atoms with Crippen LogP contribution < -0.4 is 10.5 Å². The summed E-state index contributed by atoms with van der Waals surface area (Å²) < 4.78 is 5.11. The summed E-state index contributed by atoms with van der Waals surface area (Å²) in [6, 6.07) is 3.82. The largest absolute Gasteiger partial charge is 0.495 e. The second-order valence-corrected chi connectivity index (χ2v) is 3.22. The van der Waals surface area contributed by atoms with Crippen LogP contribution >= 0.6 is 11.6 Å². The van der Waals surface area contributed by atoms with Gasteiger partial charge in [0, 0.05) is 6.54 Å². The molecule has 1 aromatic carbocycles. The van der Waals surface area contributed by atoms with Crippen LogP contribution in [0, 0.1) is 0 Å². The van der Waals surface area contributed by atoms with Crippen LogP contribution in [0.4, 0.5) is 0 Å². The van der Waals surface area contributed by atoms with Crippen LogP contribution in [0.15, 0.2) is 12.1 Å². The van der Waals surface area contributed by atoms with E-state index in [2.05, 4.69) is 6.92 Å². The smallest absolute Gasteiger partial charge is 0.137 e. The molecule has 0 aliphatic carbocycles. The molecule has 0 aromatic heterocycles. The third kappa shape index (κ3) is 2.14. The normalized spacial score (nSPS) is 10.2. The number of hydrogen-bond acceptors (Lipinski definition) is 2. The van der Waals surface area contributed by atoms with E-state index in [4.69, 9.17) is 22.1 Å². The van der Waals surface area contributed by atoms with Crippen molar-refractivity contribution in [2.45, 2.75) is 19.9 Å². The highest BCUT2D eigenvalue weighted by Gasteiger charge is 2.06. The fourth-order valence-electron chi connectivity index (χ4n) is 1.31. The topological polar surface area (TPSA) is 35.2 Å².